The molecule has 3 aromatic rings. The number of amides is 1. The highest BCUT2D eigenvalue weighted by molar-refractivity contribution is 7.90. The summed E-state index contributed by atoms with van der Waals surface area (Å²) in [5.74, 6) is 0.413. The molecule has 0 spiro atoms. The van der Waals surface area contributed by atoms with Gasteiger partial charge < -0.3 is 10.1 Å². The second-order valence-corrected chi connectivity index (χ2v) is 8.41. The zero-order valence-corrected chi connectivity index (χ0v) is 16.0. The lowest BCUT2D eigenvalue weighted by Gasteiger charge is -2.15. The molecule has 1 amide bonds. The van der Waals surface area contributed by atoms with E-state index in [1.165, 1.54) is 0 Å². The summed E-state index contributed by atoms with van der Waals surface area (Å²) in [6.07, 6.45) is 1.16. The molecule has 0 heterocycles. The molecule has 0 aliphatic carbocycles. The molecule has 3 aromatic carbocycles. The Labute approximate surface area is 158 Å². The minimum Gasteiger partial charge on any atom is -0.483 e. The number of hydrogen-bond donors (Lipinski definition) is 1. The molecule has 1 unspecified atom stereocenters. The van der Waals surface area contributed by atoms with Gasteiger partial charge in [0.25, 0.3) is 5.91 Å². The Hall–Kier alpha value is -2.86. The highest BCUT2D eigenvalue weighted by Gasteiger charge is 2.13. The molecular formula is C21H21NO4S. The minimum absolute atomic E-state index is 0.0974. The fraction of sp³-hybridized carbons (Fsp3) is 0.190. The van der Waals surface area contributed by atoms with Crippen LogP contribution in [0.25, 0.3) is 10.8 Å². The maximum absolute atomic E-state index is 12.2. The third-order valence-electron chi connectivity index (χ3n) is 4.29. The van der Waals surface area contributed by atoms with Crippen LogP contribution in [-0.4, -0.2) is 27.2 Å². The fourth-order valence-corrected chi connectivity index (χ4v) is 3.47. The van der Waals surface area contributed by atoms with Crippen molar-refractivity contribution in [2.24, 2.45) is 0 Å². The van der Waals surface area contributed by atoms with Crippen molar-refractivity contribution < 1.29 is 17.9 Å². The molecule has 0 saturated carbocycles. The van der Waals surface area contributed by atoms with Crippen LogP contribution in [0.1, 0.15) is 18.5 Å². The summed E-state index contributed by atoms with van der Waals surface area (Å²) in [6.45, 7) is 1.74. The smallest absolute Gasteiger partial charge is 0.258 e. The van der Waals surface area contributed by atoms with E-state index in [1.54, 1.807) is 24.3 Å². The number of sulfone groups is 1. The van der Waals surface area contributed by atoms with Gasteiger partial charge in [-0.15, -0.1) is 0 Å². The van der Waals surface area contributed by atoms with Gasteiger partial charge in [0.05, 0.1) is 10.9 Å². The molecule has 3 rings (SSSR count). The summed E-state index contributed by atoms with van der Waals surface area (Å²) < 4.78 is 28.7. The van der Waals surface area contributed by atoms with Gasteiger partial charge in [-0.25, -0.2) is 8.42 Å². The van der Waals surface area contributed by atoms with E-state index in [0.717, 1.165) is 22.6 Å². The van der Waals surface area contributed by atoms with Gasteiger partial charge in [-0.05, 0) is 36.1 Å². The van der Waals surface area contributed by atoms with Crippen LogP contribution in [0.15, 0.2) is 71.6 Å². The lowest BCUT2D eigenvalue weighted by atomic mass is 10.1. The second-order valence-electron chi connectivity index (χ2n) is 6.40. The Morgan fingerprint density at radius 1 is 1.00 bits per heavy atom. The third-order valence-corrected chi connectivity index (χ3v) is 5.42. The highest BCUT2D eigenvalue weighted by atomic mass is 32.2. The van der Waals surface area contributed by atoms with Gasteiger partial charge in [-0.3, -0.25) is 4.79 Å². The van der Waals surface area contributed by atoms with E-state index in [9.17, 15) is 13.2 Å². The molecule has 0 bridgehead atoms. The van der Waals surface area contributed by atoms with Gasteiger partial charge in [-0.2, -0.15) is 0 Å². The average Bonchev–Trinajstić information content (AvgIpc) is 2.65. The monoisotopic (exact) mass is 383 g/mol. The predicted molar refractivity (Wildman–Crippen MR) is 106 cm³/mol. The van der Waals surface area contributed by atoms with Crippen molar-refractivity contribution in [2.45, 2.75) is 17.9 Å². The molecule has 0 aliphatic heterocycles. The summed E-state index contributed by atoms with van der Waals surface area (Å²) >= 11 is 0. The number of rotatable bonds is 6. The Morgan fingerprint density at radius 2 is 1.67 bits per heavy atom. The van der Waals surface area contributed by atoms with Gasteiger partial charge in [0, 0.05) is 11.6 Å². The summed E-state index contributed by atoms with van der Waals surface area (Å²) in [5, 5.41) is 4.87. The van der Waals surface area contributed by atoms with Crippen molar-refractivity contribution in [3.63, 3.8) is 0 Å². The molecule has 0 aliphatic rings. The van der Waals surface area contributed by atoms with Crippen molar-refractivity contribution >= 4 is 26.5 Å². The van der Waals surface area contributed by atoms with Gasteiger partial charge in [0.15, 0.2) is 16.4 Å². The van der Waals surface area contributed by atoms with E-state index in [0.29, 0.717) is 5.75 Å². The first-order valence-corrected chi connectivity index (χ1v) is 10.4. The second kappa shape index (κ2) is 7.80. The van der Waals surface area contributed by atoms with Crippen LogP contribution >= 0.6 is 0 Å². The number of benzene rings is 3. The van der Waals surface area contributed by atoms with Gasteiger partial charge >= 0.3 is 0 Å². The van der Waals surface area contributed by atoms with Crippen LogP contribution in [0.5, 0.6) is 5.75 Å². The molecule has 140 valence electrons. The molecule has 0 saturated heterocycles. The van der Waals surface area contributed by atoms with Crippen molar-refractivity contribution in [3.05, 3.63) is 72.3 Å². The van der Waals surface area contributed by atoms with Crippen LogP contribution in [-0.2, 0) is 14.6 Å². The van der Waals surface area contributed by atoms with Crippen LogP contribution in [0, 0.1) is 0 Å². The molecule has 1 N–H and O–H groups in total. The molecule has 5 nitrogen and oxygen atoms in total. The van der Waals surface area contributed by atoms with Crippen LogP contribution < -0.4 is 10.1 Å². The zero-order valence-electron chi connectivity index (χ0n) is 15.2. The van der Waals surface area contributed by atoms with E-state index < -0.39 is 9.84 Å². The van der Waals surface area contributed by atoms with E-state index in [2.05, 4.69) is 5.32 Å². The Bertz CT molecular complexity index is 1050. The topological polar surface area (TPSA) is 72.5 Å². The lowest BCUT2D eigenvalue weighted by molar-refractivity contribution is -0.123. The van der Waals surface area contributed by atoms with Crippen molar-refractivity contribution in [1.29, 1.82) is 0 Å². The number of fused-ring (bicyclic) bond motifs is 1. The molecule has 1 atom stereocenters. The summed E-state index contributed by atoms with van der Waals surface area (Å²) in [4.78, 5) is 12.5. The highest BCUT2D eigenvalue weighted by Crippen LogP contribution is 2.25. The number of hydrogen-bond acceptors (Lipinski definition) is 4. The van der Waals surface area contributed by atoms with Crippen molar-refractivity contribution in [3.8, 4) is 5.75 Å². The fourth-order valence-electron chi connectivity index (χ4n) is 2.84. The molecule has 0 fully saturated rings. The number of carbonyl (C=O) groups excluding carboxylic acids is 1. The van der Waals surface area contributed by atoms with E-state index in [-0.39, 0.29) is 23.5 Å². The molecule has 0 radical (unpaired) electrons. The largest absolute Gasteiger partial charge is 0.483 e. The SMILES string of the molecule is CC(NC(=O)COc1cccc2ccccc12)c1ccc(S(C)(=O)=O)cc1. The Kier molecular flexibility index (Phi) is 5.46. The van der Waals surface area contributed by atoms with Crippen molar-refractivity contribution in [1.82, 2.24) is 5.32 Å². The molecule has 6 heteroatoms. The quantitative estimate of drug-likeness (QED) is 0.707. The third kappa shape index (κ3) is 4.65. The molecule has 0 aromatic heterocycles. The van der Waals surface area contributed by atoms with Crippen molar-refractivity contribution in [2.75, 3.05) is 12.9 Å². The summed E-state index contributed by atoms with van der Waals surface area (Å²) in [7, 11) is -3.23. The zero-order chi connectivity index (χ0) is 19.4. The van der Waals surface area contributed by atoms with E-state index >= 15 is 0 Å². The standard InChI is InChI=1S/C21H21NO4S/c1-15(16-10-12-18(13-11-16)27(2,24)25)22-21(23)14-26-20-9-5-7-17-6-3-4-8-19(17)20/h3-13,15H,14H2,1-2H3,(H,22,23). The number of carbonyl (C=O) groups is 1. The van der Waals surface area contributed by atoms with Gasteiger partial charge in [0.2, 0.25) is 0 Å². The summed E-state index contributed by atoms with van der Waals surface area (Å²) in [6, 6.07) is 19.8. The van der Waals surface area contributed by atoms with Crippen LogP contribution in [0.2, 0.25) is 0 Å². The Balaban J connectivity index is 1.62. The van der Waals surface area contributed by atoms with Gasteiger partial charge in [-0.1, -0.05) is 48.5 Å². The first-order valence-electron chi connectivity index (χ1n) is 8.54. The van der Waals surface area contributed by atoms with Crippen LogP contribution in [0.3, 0.4) is 0 Å². The molecular weight excluding hydrogens is 362 g/mol. The van der Waals surface area contributed by atoms with Crippen LogP contribution in [0.4, 0.5) is 0 Å². The van der Waals surface area contributed by atoms with E-state index in [4.69, 9.17) is 4.74 Å². The number of ether oxygens (including phenoxy) is 1. The average molecular weight is 383 g/mol. The predicted octanol–water partition coefficient (Wildman–Crippen LogP) is 3.50. The maximum Gasteiger partial charge on any atom is 0.258 e. The first kappa shape index (κ1) is 18.9. The minimum atomic E-state index is -3.23. The van der Waals surface area contributed by atoms with E-state index in [1.807, 2.05) is 49.4 Å². The molecule has 27 heavy (non-hydrogen) atoms. The summed E-state index contributed by atoms with van der Waals surface area (Å²) in [5.41, 5.74) is 0.820. The lowest BCUT2D eigenvalue weighted by Crippen LogP contribution is -2.31. The normalized spacial score (nSPS) is 12.5. The van der Waals surface area contributed by atoms with Gasteiger partial charge in [0.1, 0.15) is 5.75 Å². The maximum atomic E-state index is 12.2. The first-order chi connectivity index (χ1) is 12.8. The Morgan fingerprint density at radius 3 is 2.37 bits per heavy atom. The number of nitrogens with one attached hydrogen (secondary N) is 1.